The van der Waals surface area contributed by atoms with Gasteiger partial charge in [-0.3, -0.25) is 0 Å². The van der Waals surface area contributed by atoms with E-state index in [9.17, 15) is 0 Å². The van der Waals surface area contributed by atoms with Crippen molar-refractivity contribution in [1.82, 2.24) is 24.1 Å². The number of aromatic nitrogens is 5. The van der Waals surface area contributed by atoms with E-state index in [-0.39, 0.29) is 0 Å². The van der Waals surface area contributed by atoms with Gasteiger partial charge in [-0.1, -0.05) is 146 Å². The van der Waals surface area contributed by atoms with Gasteiger partial charge >= 0.3 is 0 Å². The maximum Gasteiger partial charge on any atom is 0.164 e. The van der Waals surface area contributed by atoms with Crippen molar-refractivity contribution in [3.05, 3.63) is 200 Å². The molecular formula is C51H33N5. The summed E-state index contributed by atoms with van der Waals surface area (Å²) in [4.78, 5) is 14.9. The minimum Gasteiger partial charge on any atom is -0.309 e. The van der Waals surface area contributed by atoms with Crippen LogP contribution in [0.15, 0.2) is 200 Å². The van der Waals surface area contributed by atoms with Gasteiger partial charge in [0.1, 0.15) is 0 Å². The van der Waals surface area contributed by atoms with E-state index in [0.29, 0.717) is 17.5 Å². The molecule has 0 radical (unpaired) electrons. The molecule has 0 fully saturated rings. The number of fused-ring (bicyclic) bond motifs is 7. The molecular weight excluding hydrogens is 683 g/mol. The minimum absolute atomic E-state index is 0.634. The smallest absolute Gasteiger partial charge is 0.164 e. The van der Waals surface area contributed by atoms with E-state index in [2.05, 4.69) is 149 Å². The zero-order chi connectivity index (χ0) is 37.0. The van der Waals surface area contributed by atoms with Crippen LogP contribution in [-0.4, -0.2) is 24.1 Å². The molecule has 0 N–H and O–H groups in total. The van der Waals surface area contributed by atoms with Gasteiger partial charge in [0.05, 0.1) is 22.1 Å². The first-order valence-corrected chi connectivity index (χ1v) is 18.9. The monoisotopic (exact) mass is 715 g/mol. The molecule has 5 nitrogen and oxygen atoms in total. The third-order valence-electron chi connectivity index (χ3n) is 10.8. The predicted molar refractivity (Wildman–Crippen MR) is 230 cm³/mol. The molecule has 0 unspecified atom stereocenters. The third kappa shape index (κ3) is 5.21. The fourth-order valence-corrected chi connectivity index (χ4v) is 8.21. The molecule has 8 aromatic carbocycles. The molecule has 0 spiro atoms. The summed E-state index contributed by atoms with van der Waals surface area (Å²) in [5, 5.41) is 4.87. The van der Waals surface area contributed by atoms with E-state index in [1.807, 2.05) is 60.7 Å². The first-order chi connectivity index (χ1) is 27.8. The van der Waals surface area contributed by atoms with Gasteiger partial charge in [-0.15, -0.1) is 0 Å². The molecule has 0 aliphatic rings. The van der Waals surface area contributed by atoms with Gasteiger partial charge in [-0.05, 0) is 65.7 Å². The summed E-state index contributed by atoms with van der Waals surface area (Å²) in [5.74, 6) is 1.93. The van der Waals surface area contributed by atoms with Crippen molar-refractivity contribution >= 4 is 43.6 Å². The van der Waals surface area contributed by atoms with Crippen LogP contribution >= 0.6 is 0 Å². The molecule has 5 heteroatoms. The SMILES string of the molecule is c1ccc(-c2cccc(-n3c4ccccc4c4c3ccc3c5ccccc5n(-c5ccc(-c6nc(-c7ccccc7)nc(-c7ccccc7)n6)cc5)c34)c2)cc1. The van der Waals surface area contributed by atoms with Crippen LogP contribution < -0.4 is 0 Å². The second-order valence-corrected chi connectivity index (χ2v) is 14.1. The summed E-state index contributed by atoms with van der Waals surface area (Å²) in [5.41, 5.74) is 12.1. The Labute approximate surface area is 323 Å². The highest BCUT2D eigenvalue weighted by Gasteiger charge is 2.21. The molecule has 0 saturated heterocycles. The Balaban J connectivity index is 1.11. The number of hydrogen-bond acceptors (Lipinski definition) is 3. The second-order valence-electron chi connectivity index (χ2n) is 14.1. The van der Waals surface area contributed by atoms with Crippen molar-refractivity contribution in [2.24, 2.45) is 0 Å². The average Bonchev–Trinajstić information content (AvgIpc) is 3.80. The molecule has 0 aliphatic carbocycles. The minimum atomic E-state index is 0.634. The first kappa shape index (κ1) is 31.9. The van der Waals surface area contributed by atoms with Crippen molar-refractivity contribution in [1.29, 1.82) is 0 Å². The van der Waals surface area contributed by atoms with Crippen molar-refractivity contribution in [3.8, 4) is 56.7 Å². The standard InChI is InChI=1S/C51H33N5/c1-4-15-34(16-5-1)38-21-14-22-40(33-38)55-45-26-13-11-24-43(45)47-46(55)32-31-42-41-23-10-12-25-44(41)56(48(42)47)39-29-27-37(28-30-39)51-53-49(35-17-6-2-7-18-35)52-50(54-51)36-19-8-3-9-20-36/h1-33H. The Morgan fingerprint density at radius 2 is 0.786 bits per heavy atom. The van der Waals surface area contributed by atoms with Crippen LogP contribution in [0.1, 0.15) is 0 Å². The van der Waals surface area contributed by atoms with Gasteiger partial charge in [-0.2, -0.15) is 0 Å². The van der Waals surface area contributed by atoms with Crippen LogP contribution in [0.5, 0.6) is 0 Å². The van der Waals surface area contributed by atoms with E-state index < -0.39 is 0 Å². The van der Waals surface area contributed by atoms with Gasteiger partial charge in [0.15, 0.2) is 17.5 Å². The highest BCUT2D eigenvalue weighted by atomic mass is 15.0. The van der Waals surface area contributed by atoms with Crippen molar-refractivity contribution < 1.29 is 0 Å². The van der Waals surface area contributed by atoms with E-state index >= 15 is 0 Å². The number of benzene rings is 8. The molecule has 3 heterocycles. The third-order valence-corrected chi connectivity index (χ3v) is 10.8. The molecule has 262 valence electrons. The largest absolute Gasteiger partial charge is 0.309 e. The zero-order valence-corrected chi connectivity index (χ0v) is 30.3. The lowest BCUT2D eigenvalue weighted by molar-refractivity contribution is 1.07. The second kappa shape index (κ2) is 13.0. The molecule has 0 atom stereocenters. The maximum absolute atomic E-state index is 4.99. The fourth-order valence-electron chi connectivity index (χ4n) is 8.21. The Bertz CT molecular complexity index is 3160. The van der Waals surface area contributed by atoms with Crippen LogP contribution in [0.3, 0.4) is 0 Å². The average molecular weight is 716 g/mol. The Morgan fingerprint density at radius 1 is 0.286 bits per heavy atom. The van der Waals surface area contributed by atoms with Gasteiger partial charge in [0.25, 0.3) is 0 Å². The highest BCUT2D eigenvalue weighted by Crippen LogP contribution is 2.42. The number of nitrogens with zero attached hydrogens (tertiary/aromatic N) is 5. The van der Waals surface area contributed by atoms with Crippen molar-refractivity contribution in [2.75, 3.05) is 0 Å². The summed E-state index contributed by atoms with van der Waals surface area (Å²) in [7, 11) is 0. The van der Waals surface area contributed by atoms with E-state index in [0.717, 1.165) is 39.1 Å². The summed E-state index contributed by atoms with van der Waals surface area (Å²) in [6.07, 6.45) is 0. The molecule has 3 aromatic heterocycles. The van der Waals surface area contributed by atoms with Crippen LogP contribution in [0, 0.1) is 0 Å². The van der Waals surface area contributed by atoms with Crippen molar-refractivity contribution in [2.45, 2.75) is 0 Å². The lowest BCUT2D eigenvalue weighted by Gasteiger charge is -2.12. The zero-order valence-electron chi connectivity index (χ0n) is 30.3. The Kier molecular flexibility index (Phi) is 7.42. The molecule has 0 amide bonds. The normalized spacial score (nSPS) is 11.6. The fraction of sp³-hybridized carbons (Fsp3) is 0. The van der Waals surface area contributed by atoms with Gasteiger partial charge in [0, 0.05) is 49.6 Å². The Morgan fingerprint density at radius 3 is 1.41 bits per heavy atom. The van der Waals surface area contributed by atoms with Crippen molar-refractivity contribution in [3.63, 3.8) is 0 Å². The summed E-state index contributed by atoms with van der Waals surface area (Å²) in [6.45, 7) is 0. The molecule has 0 saturated carbocycles. The summed E-state index contributed by atoms with van der Waals surface area (Å²) in [6, 6.07) is 70.4. The number of rotatable bonds is 6. The maximum atomic E-state index is 4.99. The van der Waals surface area contributed by atoms with Crippen LogP contribution in [-0.2, 0) is 0 Å². The van der Waals surface area contributed by atoms with Crippen LogP contribution in [0.2, 0.25) is 0 Å². The van der Waals surface area contributed by atoms with Crippen LogP contribution in [0.4, 0.5) is 0 Å². The van der Waals surface area contributed by atoms with Crippen LogP contribution in [0.25, 0.3) is 100 Å². The lowest BCUT2D eigenvalue weighted by atomic mass is 10.1. The molecule has 0 aliphatic heterocycles. The Hall–Kier alpha value is -7.63. The summed E-state index contributed by atoms with van der Waals surface area (Å²) < 4.78 is 4.84. The molecule has 56 heavy (non-hydrogen) atoms. The number of hydrogen-bond donors (Lipinski definition) is 0. The van der Waals surface area contributed by atoms with E-state index in [4.69, 9.17) is 15.0 Å². The van der Waals surface area contributed by atoms with E-state index in [1.54, 1.807) is 0 Å². The van der Waals surface area contributed by atoms with Gasteiger partial charge in [-0.25, -0.2) is 15.0 Å². The quantitative estimate of drug-likeness (QED) is 0.172. The molecule has 0 bridgehead atoms. The first-order valence-electron chi connectivity index (χ1n) is 18.9. The van der Waals surface area contributed by atoms with Gasteiger partial charge < -0.3 is 9.13 Å². The van der Waals surface area contributed by atoms with E-state index in [1.165, 1.54) is 43.7 Å². The van der Waals surface area contributed by atoms with Gasteiger partial charge in [0.2, 0.25) is 0 Å². The topological polar surface area (TPSA) is 48.5 Å². The predicted octanol–water partition coefficient (Wildman–Crippen LogP) is 12.7. The number of para-hydroxylation sites is 2. The molecule has 11 aromatic rings. The lowest BCUT2D eigenvalue weighted by Crippen LogP contribution is -2.00. The summed E-state index contributed by atoms with van der Waals surface area (Å²) >= 11 is 0. The molecule has 11 rings (SSSR count). The highest BCUT2D eigenvalue weighted by molar-refractivity contribution is 6.26.